The predicted octanol–water partition coefficient (Wildman–Crippen LogP) is 2.80. The second kappa shape index (κ2) is 5.71. The van der Waals surface area contributed by atoms with Gasteiger partial charge in [0.05, 0.1) is 11.6 Å². The molecule has 1 aromatic carbocycles. The first-order chi connectivity index (χ1) is 8.97. The second-order valence-electron chi connectivity index (χ2n) is 4.13. The zero-order valence-electron chi connectivity index (χ0n) is 10.4. The molecule has 0 spiro atoms. The molecule has 19 heavy (non-hydrogen) atoms. The van der Waals surface area contributed by atoms with Crippen LogP contribution in [0.5, 0.6) is 0 Å². The lowest BCUT2D eigenvalue weighted by atomic mass is 10.2. The summed E-state index contributed by atoms with van der Waals surface area (Å²) in [5.74, 6) is 1.18. The van der Waals surface area contributed by atoms with Crippen LogP contribution in [0.3, 0.4) is 0 Å². The summed E-state index contributed by atoms with van der Waals surface area (Å²) in [4.78, 5) is 17.9. The minimum Gasteiger partial charge on any atom is -0.334 e. The molecule has 2 rings (SSSR count). The number of amides is 1. The maximum atomic E-state index is 12.2. The van der Waals surface area contributed by atoms with Crippen molar-refractivity contribution in [2.24, 2.45) is 0 Å². The Morgan fingerprint density at radius 2 is 2.26 bits per heavy atom. The molecule has 0 fully saturated rings. The van der Waals surface area contributed by atoms with Crippen LogP contribution in [0.1, 0.15) is 22.0 Å². The van der Waals surface area contributed by atoms with Crippen LogP contribution < -0.4 is 0 Å². The molecule has 0 bridgehead atoms. The zero-order valence-corrected chi connectivity index (χ0v) is 12.8. The minimum absolute atomic E-state index is 0.128. The van der Waals surface area contributed by atoms with E-state index < -0.39 is 0 Å². The van der Waals surface area contributed by atoms with Gasteiger partial charge in [0.15, 0.2) is 5.82 Å². The average Bonchev–Trinajstić information content (AvgIpc) is 2.77. The van der Waals surface area contributed by atoms with E-state index in [1.54, 1.807) is 30.1 Å². The summed E-state index contributed by atoms with van der Waals surface area (Å²) in [6, 6.07) is 5.10. The molecule has 0 atom stereocenters. The lowest BCUT2D eigenvalue weighted by Crippen LogP contribution is -2.26. The third-order valence-corrected chi connectivity index (χ3v) is 3.77. The molecule has 0 saturated carbocycles. The highest BCUT2D eigenvalue weighted by Gasteiger charge is 2.15. The van der Waals surface area contributed by atoms with Gasteiger partial charge in [0.1, 0.15) is 5.82 Å². The Morgan fingerprint density at radius 1 is 1.53 bits per heavy atom. The van der Waals surface area contributed by atoms with Gasteiger partial charge < -0.3 is 4.90 Å². The maximum Gasteiger partial charge on any atom is 0.254 e. The molecule has 100 valence electrons. The molecule has 7 heteroatoms. The molecular formula is C12H12BrClN4O. The van der Waals surface area contributed by atoms with Crippen molar-refractivity contribution in [2.45, 2.75) is 13.5 Å². The summed E-state index contributed by atoms with van der Waals surface area (Å²) in [5.41, 5.74) is 0.531. The second-order valence-corrected chi connectivity index (χ2v) is 5.39. The standard InChI is InChI=1S/C12H12BrClN4O/c1-7-15-11(17-16-7)6-18(2)12(19)8-3-4-9(13)10(14)5-8/h3-5H,6H2,1-2H3,(H,15,16,17). The molecule has 0 radical (unpaired) electrons. The average molecular weight is 344 g/mol. The van der Waals surface area contributed by atoms with Crippen LogP contribution in [0, 0.1) is 6.92 Å². The normalized spacial score (nSPS) is 10.5. The van der Waals surface area contributed by atoms with E-state index in [4.69, 9.17) is 11.6 Å². The summed E-state index contributed by atoms with van der Waals surface area (Å²) < 4.78 is 0.762. The van der Waals surface area contributed by atoms with Gasteiger partial charge in [0, 0.05) is 17.1 Å². The minimum atomic E-state index is -0.128. The van der Waals surface area contributed by atoms with E-state index in [1.807, 2.05) is 6.92 Å². The summed E-state index contributed by atoms with van der Waals surface area (Å²) in [7, 11) is 1.70. The van der Waals surface area contributed by atoms with Crippen LogP contribution in [-0.4, -0.2) is 33.0 Å². The number of carbonyl (C=O) groups excluding carboxylic acids is 1. The molecule has 0 aliphatic carbocycles. The highest BCUT2D eigenvalue weighted by Crippen LogP contribution is 2.23. The summed E-state index contributed by atoms with van der Waals surface area (Å²) >= 11 is 9.27. The quantitative estimate of drug-likeness (QED) is 0.932. The molecule has 0 unspecified atom stereocenters. The number of carbonyl (C=O) groups is 1. The topological polar surface area (TPSA) is 61.9 Å². The molecule has 2 aromatic rings. The number of nitrogens with zero attached hydrogens (tertiary/aromatic N) is 3. The smallest absolute Gasteiger partial charge is 0.254 e. The van der Waals surface area contributed by atoms with E-state index in [2.05, 4.69) is 31.1 Å². The lowest BCUT2D eigenvalue weighted by molar-refractivity contribution is 0.0781. The van der Waals surface area contributed by atoms with Crippen LogP contribution in [0.25, 0.3) is 0 Å². The van der Waals surface area contributed by atoms with Gasteiger partial charge in [-0.25, -0.2) is 4.98 Å². The highest BCUT2D eigenvalue weighted by atomic mass is 79.9. The van der Waals surface area contributed by atoms with E-state index in [-0.39, 0.29) is 5.91 Å². The number of aromatic nitrogens is 3. The Hall–Kier alpha value is -1.40. The van der Waals surface area contributed by atoms with Crippen LogP contribution in [0.15, 0.2) is 22.7 Å². The zero-order chi connectivity index (χ0) is 14.0. The lowest BCUT2D eigenvalue weighted by Gasteiger charge is -2.15. The van der Waals surface area contributed by atoms with Crippen LogP contribution in [-0.2, 0) is 6.54 Å². The Kier molecular flexibility index (Phi) is 4.21. The van der Waals surface area contributed by atoms with Crippen molar-refractivity contribution in [3.05, 3.63) is 44.9 Å². The first-order valence-corrected chi connectivity index (χ1v) is 6.73. The molecular weight excluding hydrogens is 332 g/mol. The highest BCUT2D eigenvalue weighted by molar-refractivity contribution is 9.10. The van der Waals surface area contributed by atoms with Gasteiger partial charge in [-0.3, -0.25) is 9.89 Å². The van der Waals surface area contributed by atoms with E-state index in [9.17, 15) is 4.79 Å². The number of aryl methyl sites for hydroxylation is 1. The van der Waals surface area contributed by atoms with Gasteiger partial charge in [-0.15, -0.1) is 0 Å². The van der Waals surface area contributed by atoms with Crippen molar-refractivity contribution in [1.82, 2.24) is 20.1 Å². The van der Waals surface area contributed by atoms with Crippen molar-refractivity contribution in [3.8, 4) is 0 Å². The van der Waals surface area contributed by atoms with Crippen molar-refractivity contribution in [1.29, 1.82) is 0 Å². The van der Waals surface area contributed by atoms with E-state index in [1.165, 1.54) is 0 Å². The van der Waals surface area contributed by atoms with Gasteiger partial charge in [0.25, 0.3) is 5.91 Å². The van der Waals surface area contributed by atoms with Crippen LogP contribution in [0.4, 0.5) is 0 Å². The fourth-order valence-electron chi connectivity index (χ4n) is 1.59. The molecule has 1 aromatic heterocycles. The van der Waals surface area contributed by atoms with Gasteiger partial charge in [-0.05, 0) is 41.1 Å². The van der Waals surface area contributed by atoms with Crippen LogP contribution >= 0.6 is 27.5 Å². The molecule has 5 nitrogen and oxygen atoms in total. The SMILES string of the molecule is Cc1nc(CN(C)C(=O)c2ccc(Br)c(Cl)c2)n[nH]1. The van der Waals surface area contributed by atoms with Crippen molar-refractivity contribution in [2.75, 3.05) is 7.05 Å². The molecule has 1 N–H and O–H groups in total. The molecule has 0 aliphatic heterocycles. The van der Waals surface area contributed by atoms with E-state index >= 15 is 0 Å². The largest absolute Gasteiger partial charge is 0.334 e. The van der Waals surface area contributed by atoms with Crippen molar-refractivity contribution >= 4 is 33.4 Å². The first-order valence-electron chi connectivity index (χ1n) is 5.56. The molecule has 1 amide bonds. The Balaban J connectivity index is 2.12. The van der Waals surface area contributed by atoms with Crippen LogP contribution in [0.2, 0.25) is 5.02 Å². The number of rotatable bonds is 3. The molecule has 0 saturated heterocycles. The van der Waals surface area contributed by atoms with Gasteiger partial charge in [0.2, 0.25) is 0 Å². The fourth-order valence-corrected chi connectivity index (χ4v) is 2.02. The number of benzene rings is 1. The van der Waals surface area contributed by atoms with E-state index in [0.29, 0.717) is 23.0 Å². The number of aromatic amines is 1. The van der Waals surface area contributed by atoms with Crippen molar-refractivity contribution in [3.63, 3.8) is 0 Å². The van der Waals surface area contributed by atoms with Gasteiger partial charge >= 0.3 is 0 Å². The third-order valence-electron chi connectivity index (χ3n) is 2.54. The van der Waals surface area contributed by atoms with Crippen molar-refractivity contribution < 1.29 is 4.79 Å². The summed E-state index contributed by atoms with van der Waals surface area (Å²) in [6.07, 6.45) is 0. The predicted molar refractivity (Wildman–Crippen MR) is 76.1 cm³/mol. The maximum absolute atomic E-state index is 12.2. The number of H-pyrrole nitrogens is 1. The third kappa shape index (κ3) is 3.33. The molecule has 0 aliphatic rings. The number of halogens is 2. The number of hydrogen-bond acceptors (Lipinski definition) is 3. The van der Waals surface area contributed by atoms with E-state index in [0.717, 1.165) is 10.3 Å². The monoisotopic (exact) mass is 342 g/mol. The van der Waals surface area contributed by atoms with Gasteiger partial charge in [-0.1, -0.05) is 11.6 Å². The summed E-state index contributed by atoms with van der Waals surface area (Å²) in [5, 5.41) is 7.25. The first kappa shape index (κ1) is 14.0. The summed E-state index contributed by atoms with van der Waals surface area (Å²) in [6.45, 7) is 2.16. The Labute approximate surface area is 124 Å². The van der Waals surface area contributed by atoms with Gasteiger partial charge in [-0.2, -0.15) is 5.10 Å². The fraction of sp³-hybridized carbons (Fsp3) is 0.250. The Bertz CT molecular complexity index is 614. The molecule has 1 heterocycles. The Morgan fingerprint density at radius 3 is 2.84 bits per heavy atom. The number of hydrogen-bond donors (Lipinski definition) is 1. The number of nitrogens with one attached hydrogen (secondary N) is 1.